The van der Waals surface area contributed by atoms with Gasteiger partial charge in [-0.1, -0.05) is 19.1 Å². The number of nitrogens with one attached hydrogen (secondary N) is 3. The highest BCUT2D eigenvalue weighted by molar-refractivity contribution is 5.89. The summed E-state index contributed by atoms with van der Waals surface area (Å²) < 4.78 is 1.94. The van der Waals surface area contributed by atoms with E-state index in [0.29, 0.717) is 25.1 Å². The highest BCUT2D eigenvalue weighted by atomic mass is 16.2. The van der Waals surface area contributed by atoms with Crippen LogP contribution in [0.1, 0.15) is 25.3 Å². The fourth-order valence-corrected chi connectivity index (χ4v) is 2.47. The van der Waals surface area contributed by atoms with E-state index in [0.717, 1.165) is 12.0 Å². The third-order valence-electron chi connectivity index (χ3n) is 3.92. The molecule has 0 aliphatic heterocycles. The first-order valence-corrected chi connectivity index (χ1v) is 8.43. The maximum absolute atomic E-state index is 12.2. The van der Waals surface area contributed by atoms with E-state index in [1.165, 1.54) is 0 Å². The van der Waals surface area contributed by atoms with Crippen LogP contribution >= 0.6 is 0 Å². The van der Waals surface area contributed by atoms with Gasteiger partial charge in [-0.2, -0.15) is 0 Å². The van der Waals surface area contributed by atoms with E-state index in [1.54, 1.807) is 19.6 Å². The summed E-state index contributed by atoms with van der Waals surface area (Å²) in [6, 6.07) is 7.32. The Morgan fingerprint density at radius 1 is 1.32 bits per heavy atom. The predicted octanol–water partition coefficient (Wildman–Crippen LogP) is 2.16. The zero-order valence-electron chi connectivity index (χ0n) is 14.7. The molecule has 7 nitrogen and oxygen atoms in total. The number of anilines is 1. The lowest BCUT2D eigenvalue weighted by Gasteiger charge is -2.18. The number of rotatable bonds is 8. The van der Waals surface area contributed by atoms with Crippen LogP contribution in [0.4, 0.5) is 10.5 Å². The van der Waals surface area contributed by atoms with Gasteiger partial charge in [0, 0.05) is 44.1 Å². The Bertz CT molecular complexity index is 685. The molecule has 2 rings (SSSR count). The Balaban J connectivity index is 1.87. The molecule has 0 saturated heterocycles. The van der Waals surface area contributed by atoms with Crippen LogP contribution in [-0.2, 0) is 17.8 Å². The van der Waals surface area contributed by atoms with Crippen LogP contribution in [0.3, 0.4) is 0 Å². The summed E-state index contributed by atoms with van der Waals surface area (Å²) in [6.07, 6.45) is 7.20. The molecule has 0 bridgehead atoms. The first kappa shape index (κ1) is 18.5. The van der Waals surface area contributed by atoms with Crippen LogP contribution in [0.2, 0.25) is 0 Å². The average Bonchev–Trinajstić information content (AvgIpc) is 3.12. The largest absolute Gasteiger partial charge is 0.359 e. The summed E-state index contributed by atoms with van der Waals surface area (Å²) in [6.45, 7) is 2.71. The molecule has 25 heavy (non-hydrogen) atoms. The summed E-state index contributed by atoms with van der Waals surface area (Å²) >= 11 is 0. The molecule has 134 valence electrons. The molecule has 1 atom stereocenters. The van der Waals surface area contributed by atoms with Gasteiger partial charge in [-0.25, -0.2) is 9.78 Å². The summed E-state index contributed by atoms with van der Waals surface area (Å²) in [5, 5.41) is 8.43. The van der Waals surface area contributed by atoms with E-state index in [1.807, 2.05) is 42.0 Å². The standard InChI is InChI=1S/C18H25N5O2/c1-3-15(12-23-10-9-20-13-23)21-18(25)22-16-6-4-5-14(11-16)7-8-17(24)19-2/h4-6,9-11,13,15H,3,7-8,12H2,1-2H3,(H,19,24)(H2,21,22,25)/t15-/m0/s1. The summed E-state index contributed by atoms with van der Waals surface area (Å²) in [7, 11) is 1.62. The number of nitrogens with zero attached hydrogens (tertiary/aromatic N) is 2. The zero-order chi connectivity index (χ0) is 18.1. The zero-order valence-corrected chi connectivity index (χ0v) is 14.7. The SMILES string of the molecule is CC[C@@H](Cn1ccnc1)NC(=O)Nc1cccc(CCC(=O)NC)c1. The van der Waals surface area contributed by atoms with Crippen molar-refractivity contribution in [2.45, 2.75) is 38.8 Å². The van der Waals surface area contributed by atoms with Gasteiger partial charge in [0.25, 0.3) is 0 Å². The van der Waals surface area contributed by atoms with Crippen molar-refractivity contribution in [3.63, 3.8) is 0 Å². The highest BCUT2D eigenvalue weighted by Crippen LogP contribution is 2.12. The van der Waals surface area contributed by atoms with Crippen molar-refractivity contribution in [3.05, 3.63) is 48.5 Å². The van der Waals surface area contributed by atoms with Crippen LogP contribution in [0.5, 0.6) is 0 Å². The van der Waals surface area contributed by atoms with Crippen molar-refractivity contribution in [2.24, 2.45) is 0 Å². The minimum Gasteiger partial charge on any atom is -0.359 e. The van der Waals surface area contributed by atoms with Crippen molar-refractivity contribution in [1.29, 1.82) is 0 Å². The monoisotopic (exact) mass is 343 g/mol. The van der Waals surface area contributed by atoms with Gasteiger partial charge < -0.3 is 20.5 Å². The molecule has 3 amide bonds. The Morgan fingerprint density at radius 3 is 2.84 bits per heavy atom. The lowest BCUT2D eigenvalue weighted by atomic mass is 10.1. The normalized spacial score (nSPS) is 11.6. The summed E-state index contributed by atoms with van der Waals surface area (Å²) in [5.74, 6) is 0.00129. The van der Waals surface area contributed by atoms with E-state index in [-0.39, 0.29) is 18.0 Å². The molecule has 1 heterocycles. The van der Waals surface area contributed by atoms with Gasteiger partial charge in [0.1, 0.15) is 0 Å². The van der Waals surface area contributed by atoms with Crippen molar-refractivity contribution >= 4 is 17.6 Å². The number of hydrogen-bond acceptors (Lipinski definition) is 3. The molecule has 0 saturated carbocycles. The fraction of sp³-hybridized carbons (Fsp3) is 0.389. The maximum Gasteiger partial charge on any atom is 0.319 e. The van der Waals surface area contributed by atoms with E-state index in [9.17, 15) is 9.59 Å². The van der Waals surface area contributed by atoms with E-state index >= 15 is 0 Å². The topological polar surface area (TPSA) is 88.1 Å². The summed E-state index contributed by atoms with van der Waals surface area (Å²) in [5.41, 5.74) is 1.72. The Kier molecular flexibility index (Phi) is 7.00. The number of aromatic nitrogens is 2. The van der Waals surface area contributed by atoms with Crippen molar-refractivity contribution in [2.75, 3.05) is 12.4 Å². The smallest absolute Gasteiger partial charge is 0.319 e. The molecule has 0 aliphatic rings. The number of benzene rings is 1. The van der Waals surface area contributed by atoms with Crippen LogP contribution in [0, 0.1) is 0 Å². The molecular weight excluding hydrogens is 318 g/mol. The molecule has 0 radical (unpaired) electrons. The summed E-state index contributed by atoms with van der Waals surface area (Å²) in [4.78, 5) is 27.6. The molecular formula is C18H25N5O2. The molecule has 0 fully saturated rings. The molecule has 2 aromatic rings. The van der Waals surface area contributed by atoms with E-state index < -0.39 is 0 Å². The van der Waals surface area contributed by atoms with E-state index in [2.05, 4.69) is 20.9 Å². The van der Waals surface area contributed by atoms with Crippen LogP contribution in [0.25, 0.3) is 0 Å². The Labute approximate surface area is 147 Å². The number of urea groups is 1. The second kappa shape index (κ2) is 9.46. The average molecular weight is 343 g/mol. The lowest BCUT2D eigenvalue weighted by molar-refractivity contribution is -0.120. The molecule has 1 aromatic carbocycles. The first-order chi connectivity index (χ1) is 12.1. The van der Waals surface area contributed by atoms with Crippen molar-refractivity contribution in [1.82, 2.24) is 20.2 Å². The number of aryl methyl sites for hydroxylation is 1. The number of hydrogen-bond donors (Lipinski definition) is 3. The third kappa shape index (κ3) is 6.29. The molecule has 0 aliphatic carbocycles. The lowest BCUT2D eigenvalue weighted by Crippen LogP contribution is -2.40. The second-order valence-electron chi connectivity index (χ2n) is 5.84. The molecule has 0 spiro atoms. The molecule has 0 unspecified atom stereocenters. The minimum absolute atomic E-state index is 0.00129. The van der Waals surface area contributed by atoms with Gasteiger partial charge in [-0.3, -0.25) is 4.79 Å². The Morgan fingerprint density at radius 2 is 2.16 bits per heavy atom. The highest BCUT2D eigenvalue weighted by Gasteiger charge is 2.11. The fourth-order valence-electron chi connectivity index (χ4n) is 2.47. The maximum atomic E-state index is 12.2. The van der Waals surface area contributed by atoms with Gasteiger partial charge in [0.2, 0.25) is 5.91 Å². The molecule has 7 heteroatoms. The van der Waals surface area contributed by atoms with Crippen LogP contribution in [0.15, 0.2) is 43.0 Å². The van der Waals surface area contributed by atoms with Gasteiger partial charge in [0.05, 0.1) is 6.33 Å². The number of carbonyl (C=O) groups is 2. The quantitative estimate of drug-likeness (QED) is 0.686. The third-order valence-corrected chi connectivity index (χ3v) is 3.92. The first-order valence-electron chi connectivity index (χ1n) is 8.43. The van der Waals surface area contributed by atoms with Gasteiger partial charge in [-0.05, 0) is 30.5 Å². The Hall–Kier alpha value is -2.83. The number of amides is 3. The van der Waals surface area contributed by atoms with Crippen LogP contribution in [-0.4, -0.2) is 34.6 Å². The molecule has 3 N–H and O–H groups in total. The minimum atomic E-state index is -0.240. The van der Waals surface area contributed by atoms with Crippen molar-refractivity contribution < 1.29 is 9.59 Å². The number of carbonyl (C=O) groups excluding carboxylic acids is 2. The van der Waals surface area contributed by atoms with Gasteiger partial charge in [-0.15, -0.1) is 0 Å². The van der Waals surface area contributed by atoms with Gasteiger partial charge >= 0.3 is 6.03 Å². The van der Waals surface area contributed by atoms with E-state index in [4.69, 9.17) is 0 Å². The predicted molar refractivity (Wildman–Crippen MR) is 97.3 cm³/mol. The number of imidazole rings is 1. The molecule has 1 aromatic heterocycles. The van der Waals surface area contributed by atoms with Gasteiger partial charge in [0.15, 0.2) is 0 Å². The van der Waals surface area contributed by atoms with Crippen molar-refractivity contribution in [3.8, 4) is 0 Å². The van der Waals surface area contributed by atoms with Crippen LogP contribution < -0.4 is 16.0 Å². The second-order valence-corrected chi connectivity index (χ2v) is 5.84.